The van der Waals surface area contributed by atoms with Crippen molar-refractivity contribution in [3.05, 3.63) is 23.7 Å². The van der Waals surface area contributed by atoms with Crippen molar-refractivity contribution >= 4 is 21.8 Å². The Balaban J connectivity index is 2.80. The molecule has 1 N–H and O–H groups in total. The highest BCUT2D eigenvalue weighted by Gasteiger charge is 2.23. The number of ether oxygens (including phenoxy) is 1. The minimum Gasteiger partial charge on any atom is -0.478 e. The van der Waals surface area contributed by atoms with Crippen LogP contribution in [0.25, 0.3) is 0 Å². The molecule has 0 saturated heterocycles. The second kappa shape index (κ2) is 5.67. The summed E-state index contributed by atoms with van der Waals surface area (Å²) in [6, 6.07) is 1.15. The van der Waals surface area contributed by atoms with Crippen LogP contribution >= 0.6 is 0 Å². The van der Waals surface area contributed by atoms with Crippen molar-refractivity contribution in [3.8, 4) is 0 Å². The monoisotopic (exact) mass is 276 g/mol. The first kappa shape index (κ1) is 14.2. The molecule has 0 spiro atoms. The molecule has 7 nitrogen and oxygen atoms in total. The van der Waals surface area contributed by atoms with Gasteiger partial charge in [-0.15, -0.1) is 0 Å². The molecule has 1 rings (SSSR count). The molecule has 0 radical (unpaired) electrons. The minimum atomic E-state index is -3.81. The Morgan fingerprint density at radius 2 is 2.11 bits per heavy atom. The average molecular weight is 276 g/mol. The topological polar surface area (TPSA) is 111 Å². The highest BCUT2D eigenvalue weighted by Crippen LogP contribution is 2.14. The summed E-state index contributed by atoms with van der Waals surface area (Å²) in [5.74, 6) is -3.82. The summed E-state index contributed by atoms with van der Waals surface area (Å²) in [5.41, 5.74) is -0.234. The Kier molecular flexibility index (Phi) is 4.49. The maximum Gasteiger partial charge on any atom is 0.339 e. The summed E-state index contributed by atoms with van der Waals surface area (Å²) in [7, 11) is -3.81. The van der Waals surface area contributed by atoms with E-state index in [2.05, 4.69) is 4.74 Å². The van der Waals surface area contributed by atoms with E-state index < -0.39 is 33.3 Å². The maximum absolute atomic E-state index is 11.6. The fourth-order valence-electron chi connectivity index (χ4n) is 1.28. The third-order valence-electron chi connectivity index (χ3n) is 1.97. The lowest BCUT2D eigenvalue weighted by atomic mass is 10.3. The van der Waals surface area contributed by atoms with Gasteiger partial charge in [0.1, 0.15) is 22.8 Å². The van der Waals surface area contributed by atoms with Crippen LogP contribution in [-0.2, 0) is 25.1 Å². The number of carbonyl (C=O) groups is 2. The molecule has 0 aliphatic carbocycles. The smallest absolute Gasteiger partial charge is 0.339 e. The molecule has 0 aliphatic rings. The predicted molar refractivity (Wildman–Crippen MR) is 59.8 cm³/mol. The largest absolute Gasteiger partial charge is 0.478 e. The van der Waals surface area contributed by atoms with Crippen molar-refractivity contribution in [2.45, 2.75) is 12.7 Å². The Morgan fingerprint density at radius 3 is 2.67 bits per heavy atom. The molecule has 8 heteroatoms. The van der Waals surface area contributed by atoms with Crippen LogP contribution in [0.15, 0.2) is 16.7 Å². The highest BCUT2D eigenvalue weighted by molar-refractivity contribution is 7.91. The van der Waals surface area contributed by atoms with E-state index in [1.807, 2.05) is 0 Å². The first-order chi connectivity index (χ1) is 8.35. The predicted octanol–water partition coefficient (Wildman–Crippen LogP) is 0.456. The lowest BCUT2D eigenvalue weighted by Crippen LogP contribution is -2.20. The van der Waals surface area contributed by atoms with Crippen LogP contribution in [0.1, 0.15) is 23.0 Å². The fourth-order valence-corrected chi connectivity index (χ4v) is 2.44. The van der Waals surface area contributed by atoms with Gasteiger partial charge in [0.15, 0.2) is 9.84 Å². The van der Waals surface area contributed by atoms with Crippen molar-refractivity contribution in [1.29, 1.82) is 0 Å². The third-order valence-corrected chi connectivity index (χ3v) is 3.35. The quantitative estimate of drug-likeness (QED) is 0.751. The first-order valence-electron chi connectivity index (χ1n) is 5.01. The number of carboxylic acid groups (broad SMARTS) is 1. The summed E-state index contributed by atoms with van der Waals surface area (Å²) in [5, 5.41) is 8.77. The lowest BCUT2D eigenvalue weighted by molar-refractivity contribution is -0.139. The van der Waals surface area contributed by atoms with Crippen LogP contribution in [0.4, 0.5) is 0 Å². The van der Waals surface area contributed by atoms with E-state index in [0.717, 1.165) is 12.3 Å². The summed E-state index contributed by atoms with van der Waals surface area (Å²) in [6.07, 6.45) is 1.08. The number of rotatable bonds is 6. The van der Waals surface area contributed by atoms with Crippen LogP contribution in [0.3, 0.4) is 0 Å². The van der Waals surface area contributed by atoms with Crippen LogP contribution in [0, 0.1) is 0 Å². The van der Waals surface area contributed by atoms with Gasteiger partial charge in [0.05, 0.1) is 12.9 Å². The molecule has 0 unspecified atom stereocenters. The van der Waals surface area contributed by atoms with E-state index in [4.69, 9.17) is 9.52 Å². The van der Waals surface area contributed by atoms with Gasteiger partial charge in [-0.3, -0.25) is 4.79 Å². The zero-order valence-electron chi connectivity index (χ0n) is 9.58. The van der Waals surface area contributed by atoms with E-state index in [-0.39, 0.29) is 17.9 Å². The Bertz CT molecular complexity index is 540. The van der Waals surface area contributed by atoms with Crippen LogP contribution in [0.2, 0.25) is 0 Å². The van der Waals surface area contributed by atoms with Crippen molar-refractivity contribution in [3.63, 3.8) is 0 Å². The molecular formula is C10H12O7S. The van der Waals surface area contributed by atoms with E-state index >= 15 is 0 Å². The number of furan rings is 1. The summed E-state index contributed by atoms with van der Waals surface area (Å²) < 4.78 is 32.5. The van der Waals surface area contributed by atoms with Gasteiger partial charge >= 0.3 is 11.9 Å². The number of hydrogen-bond donors (Lipinski definition) is 1. The number of carbonyl (C=O) groups excluding carboxylic acids is 1. The fraction of sp³-hybridized carbons (Fsp3) is 0.400. The molecule has 18 heavy (non-hydrogen) atoms. The number of esters is 1. The van der Waals surface area contributed by atoms with Crippen molar-refractivity contribution in [2.24, 2.45) is 0 Å². The Labute approximate surface area is 103 Å². The molecule has 100 valence electrons. The minimum absolute atomic E-state index is 0.0789. The number of aromatic carboxylic acids is 1. The van der Waals surface area contributed by atoms with E-state index in [0.29, 0.717) is 0 Å². The van der Waals surface area contributed by atoms with Gasteiger partial charge in [0, 0.05) is 0 Å². The molecule has 1 aromatic heterocycles. The maximum atomic E-state index is 11.6. The summed E-state index contributed by atoms with van der Waals surface area (Å²) in [4.78, 5) is 21.8. The second-order valence-corrected chi connectivity index (χ2v) is 5.46. The van der Waals surface area contributed by atoms with Gasteiger partial charge in [-0.25, -0.2) is 13.2 Å². The Morgan fingerprint density at radius 1 is 1.44 bits per heavy atom. The molecule has 0 fully saturated rings. The van der Waals surface area contributed by atoms with Crippen LogP contribution in [-0.4, -0.2) is 37.8 Å². The molecule has 0 aliphatic heterocycles. The van der Waals surface area contributed by atoms with Crippen LogP contribution < -0.4 is 0 Å². The van der Waals surface area contributed by atoms with Gasteiger partial charge in [-0.1, -0.05) is 0 Å². The molecule has 1 heterocycles. The number of hydrogen-bond acceptors (Lipinski definition) is 6. The van der Waals surface area contributed by atoms with Gasteiger partial charge in [0.2, 0.25) is 0 Å². The molecule has 0 saturated carbocycles. The molecule has 0 aromatic carbocycles. The number of carboxylic acids is 1. The van der Waals surface area contributed by atoms with Crippen molar-refractivity contribution in [1.82, 2.24) is 0 Å². The van der Waals surface area contributed by atoms with Gasteiger partial charge in [-0.2, -0.15) is 0 Å². The molecule has 1 aromatic rings. The number of sulfone groups is 1. The summed E-state index contributed by atoms with van der Waals surface area (Å²) in [6.45, 7) is 1.63. The zero-order valence-corrected chi connectivity index (χ0v) is 10.4. The average Bonchev–Trinajstić information content (AvgIpc) is 2.63. The Hall–Kier alpha value is -1.83. The summed E-state index contributed by atoms with van der Waals surface area (Å²) >= 11 is 0. The lowest BCUT2D eigenvalue weighted by Gasteiger charge is -2.03. The van der Waals surface area contributed by atoms with E-state index in [1.165, 1.54) is 0 Å². The van der Waals surface area contributed by atoms with Crippen LogP contribution in [0.5, 0.6) is 0 Å². The molecule has 0 atom stereocenters. The highest BCUT2D eigenvalue weighted by atomic mass is 32.2. The van der Waals surface area contributed by atoms with Gasteiger partial charge in [-0.05, 0) is 13.0 Å². The second-order valence-electron chi connectivity index (χ2n) is 3.40. The third kappa shape index (κ3) is 3.88. The molecular weight excluding hydrogens is 264 g/mol. The SMILES string of the molecule is CCOC(=O)CS(=O)(=O)Cc1occc1C(=O)O. The van der Waals surface area contributed by atoms with Gasteiger partial charge in [0.25, 0.3) is 0 Å². The molecule has 0 bridgehead atoms. The van der Waals surface area contributed by atoms with E-state index in [9.17, 15) is 18.0 Å². The standard InChI is InChI=1S/C10H12O7S/c1-2-16-9(11)6-18(14,15)5-8-7(10(12)13)3-4-17-8/h3-4H,2,5-6H2,1H3,(H,12,13). The van der Waals surface area contributed by atoms with Crippen molar-refractivity contribution < 1.29 is 32.3 Å². The molecule has 0 amide bonds. The normalized spacial score (nSPS) is 11.2. The van der Waals surface area contributed by atoms with Crippen molar-refractivity contribution in [2.75, 3.05) is 12.4 Å². The first-order valence-corrected chi connectivity index (χ1v) is 6.83. The van der Waals surface area contributed by atoms with E-state index in [1.54, 1.807) is 6.92 Å². The zero-order chi connectivity index (χ0) is 13.8. The van der Waals surface area contributed by atoms with Gasteiger partial charge < -0.3 is 14.3 Å².